The molecule has 2 heterocycles. The molecule has 162 valence electrons. The number of benzene rings is 1. The van der Waals surface area contributed by atoms with E-state index in [9.17, 15) is 4.79 Å². The van der Waals surface area contributed by atoms with Crippen molar-refractivity contribution in [2.75, 3.05) is 51.4 Å². The van der Waals surface area contributed by atoms with E-state index in [1.165, 1.54) is 22.4 Å². The second-order valence-corrected chi connectivity index (χ2v) is 9.31. The molecule has 0 radical (unpaired) electrons. The summed E-state index contributed by atoms with van der Waals surface area (Å²) < 4.78 is 17.0. The molecule has 0 saturated heterocycles. The molecule has 0 N–H and O–H groups in total. The van der Waals surface area contributed by atoms with E-state index >= 15 is 0 Å². The monoisotopic (exact) mass is 404 g/mol. The number of fused-ring (bicyclic) bond motifs is 2. The van der Waals surface area contributed by atoms with Crippen LogP contribution in [-0.4, -0.2) is 63.1 Å². The first-order valence-electron chi connectivity index (χ1n) is 10.7. The molecule has 0 spiro atoms. The van der Waals surface area contributed by atoms with E-state index in [4.69, 9.17) is 14.2 Å². The Morgan fingerprint density at radius 3 is 2.66 bits per heavy atom. The molecule has 0 fully saturated rings. The molecular formula is C23H36N2O4. The molecule has 6 nitrogen and oxygen atoms in total. The first kappa shape index (κ1) is 21.8. The molecule has 29 heavy (non-hydrogen) atoms. The normalized spacial score (nSPS) is 17.7. The minimum Gasteiger partial charge on any atom is -0.490 e. The third-order valence-electron chi connectivity index (χ3n) is 5.59. The van der Waals surface area contributed by atoms with Gasteiger partial charge in [-0.3, -0.25) is 0 Å². The van der Waals surface area contributed by atoms with Crippen molar-refractivity contribution >= 4 is 11.8 Å². The lowest BCUT2D eigenvalue weighted by atomic mass is 9.94. The van der Waals surface area contributed by atoms with Crippen molar-refractivity contribution in [1.82, 2.24) is 4.90 Å². The predicted molar refractivity (Wildman–Crippen MR) is 115 cm³/mol. The molecule has 3 rings (SSSR count). The van der Waals surface area contributed by atoms with Crippen LogP contribution in [0.25, 0.3) is 0 Å². The fraction of sp³-hybridized carbons (Fsp3) is 0.696. The van der Waals surface area contributed by atoms with Gasteiger partial charge in [-0.25, -0.2) is 4.79 Å². The van der Waals surface area contributed by atoms with Gasteiger partial charge in [0.05, 0.1) is 18.8 Å². The van der Waals surface area contributed by atoms with Gasteiger partial charge in [0, 0.05) is 26.7 Å². The number of nitrogens with zero attached hydrogens (tertiary/aromatic N) is 2. The van der Waals surface area contributed by atoms with E-state index in [-0.39, 0.29) is 6.09 Å². The summed E-state index contributed by atoms with van der Waals surface area (Å²) in [7, 11) is 1.76. The van der Waals surface area contributed by atoms with Gasteiger partial charge >= 0.3 is 6.09 Å². The maximum Gasteiger partial charge on any atom is 0.410 e. The predicted octanol–water partition coefficient (Wildman–Crippen LogP) is 3.81. The summed E-state index contributed by atoms with van der Waals surface area (Å²) >= 11 is 0. The van der Waals surface area contributed by atoms with E-state index in [0.29, 0.717) is 25.6 Å². The molecule has 1 amide bonds. The van der Waals surface area contributed by atoms with Gasteiger partial charge in [0.2, 0.25) is 0 Å². The van der Waals surface area contributed by atoms with Crippen molar-refractivity contribution in [3.8, 4) is 5.75 Å². The average molecular weight is 405 g/mol. The Morgan fingerprint density at radius 2 is 1.97 bits per heavy atom. The van der Waals surface area contributed by atoms with Gasteiger partial charge in [0.1, 0.15) is 18.0 Å². The van der Waals surface area contributed by atoms with Crippen LogP contribution in [0.5, 0.6) is 5.75 Å². The van der Waals surface area contributed by atoms with Gasteiger partial charge in [-0.1, -0.05) is 6.92 Å². The maximum atomic E-state index is 12.6. The Bertz CT molecular complexity index is 741. The summed E-state index contributed by atoms with van der Waals surface area (Å²) in [5, 5.41) is 0. The standard InChI is InChI=1S/C23H36N2O4/c1-16(15-27-6)14-25-11-12-28-20-13-18-7-9-24(22(26)29-23(3,4)5)10-8-19(18)17(2)21(20)25/h13,16H,7-12,14-15H2,1-6H3. The molecule has 2 aliphatic rings. The summed E-state index contributed by atoms with van der Waals surface area (Å²) in [6.07, 6.45) is 1.44. The lowest BCUT2D eigenvalue weighted by Gasteiger charge is -2.35. The average Bonchev–Trinajstić information content (AvgIpc) is 2.83. The number of amides is 1. The van der Waals surface area contributed by atoms with Gasteiger partial charge in [0.15, 0.2) is 0 Å². The summed E-state index contributed by atoms with van der Waals surface area (Å²) in [6.45, 7) is 14.8. The first-order chi connectivity index (χ1) is 13.7. The second-order valence-electron chi connectivity index (χ2n) is 9.31. The second kappa shape index (κ2) is 8.82. The molecule has 0 aliphatic carbocycles. The number of hydrogen-bond acceptors (Lipinski definition) is 5. The third kappa shape index (κ3) is 5.16. The van der Waals surface area contributed by atoms with E-state index in [0.717, 1.165) is 38.3 Å². The van der Waals surface area contributed by atoms with E-state index in [2.05, 4.69) is 24.8 Å². The van der Waals surface area contributed by atoms with Gasteiger partial charge in [-0.05, 0) is 69.2 Å². The molecule has 0 saturated carbocycles. The number of carbonyl (C=O) groups excluding carboxylic acids is 1. The Hall–Kier alpha value is -1.95. The van der Waals surface area contributed by atoms with Crippen LogP contribution in [0.4, 0.5) is 10.5 Å². The zero-order chi connectivity index (χ0) is 21.2. The number of hydrogen-bond donors (Lipinski definition) is 0. The fourth-order valence-corrected chi connectivity index (χ4v) is 4.35. The van der Waals surface area contributed by atoms with Crippen molar-refractivity contribution in [3.05, 3.63) is 22.8 Å². The van der Waals surface area contributed by atoms with Crippen LogP contribution in [0.15, 0.2) is 6.07 Å². The molecule has 1 atom stereocenters. The van der Waals surface area contributed by atoms with Crippen LogP contribution in [0, 0.1) is 12.8 Å². The number of ether oxygens (including phenoxy) is 3. The minimum atomic E-state index is -0.474. The first-order valence-corrected chi connectivity index (χ1v) is 10.7. The highest BCUT2D eigenvalue weighted by Gasteiger charge is 2.29. The zero-order valence-electron chi connectivity index (χ0n) is 18.8. The molecule has 1 aromatic rings. The molecule has 0 bridgehead atoms. The van der Waals surface area contributed by atoms with Crippen molar-refractivity contribution in [1.29, 1.82) is 0 Å². The fourth-order valence-electron chi connectivity index (χ4n) is 4.35. The molecule has 2 aliphatic heterocycles. The zero-order valence-corrected chi connectivity index (χ0v) is 18.8. The van der Waals surface area contributed by atoms with Crippen LogP contribution in [-0.2, 0) is 22.3 Å². The smallest absolute Gasteiger partial charge is 0.410 e. The van der Waals surface area contributed by atoms with Gasteiger partial charge in [-0.2, -0.15) is 0 Å². The van der Waals surface area contributed by atoms with Crippen molar-refractivity contribution in [3.63, 3.8) is 0 Å². The lowest BCUT2D eigenvalue weighted by Crippen LogP contribution is -2.38. The van der Waals surface area contributed by atoms with E-state index in [1.54, 1.807) is 7.11 Å². The highest BCUT2D eigenvalue weighted by atomic mass is 16.6. The number of anilines is 1. The van der Waals surface area contributed by atoms with Crippen molar-refractivity contribution in [2.24, 2.45) is 5.92 Å². The number of methoxy groups -OCH3 is 1. The van der Waals surface area contributed by atoms with Crippen LogP contribution in [0.1, 0.15) is 44.4 Å². The summed E-state index contributed by atoms with van der Waals surface area (Å²) in [5.74, 6) is 1.43. The molecule has 1 unspecified atom stereocenters. The summed E-state index contributed by atoms with van der Waals surface area (Å²) in [5.41, 5.74) is 4.67. The quantitative estimate of drug-likeness (QED) is 0.764. The minimum absolute atomic E-state index is 0.223. The number of rotatable bonds is 4. The number of carbonyl (C=O) groups is 1. The van der Waals surface area contributed by atoms with Crippen LogP contribution in [0.3, 0.4) is 0 Å². The van der Waals surface area contributed by atoms with Crippen LogP contribution in [0.2, 0.25) is 0 Å². The SMILES string of the molecule is COCC(C)CN1CCOc2cc3c(c(C)c21)CCN(C(=O)OC(C)(C)C)CC3. The van der Waals surface area contributed by atoms with Crippen molar-refractivity contribution in [2.45, 2.75) is 53.1 Å². The van der Waals surface area contributed by atoms with E-state index in [1.807, 2.05) is 25.7 Å². The molecule has 1 aromatic carbocycles. The summed E-state index contributed by atoms with van der Waals surface area (Å²) in [6, 6.07) is 2.20. The summed E-state index contributed by atoms with van der Waals surface area (Å²) in [4.78, 5) is 16.8. The van der Waals surface area contributed by atoms with Gasteiger partial charge in [-0.15, -0.1) is 0 Å². The van der Waals surface area contributed by atoms with Gasteiger partial charge in [0.25, 0.3) is 0 Å². The molecular weight excluding hydrogens is 368 g/mol. The van der Waals surface area contributed by atoms with Gasteiger partial charge < -0.3 is 24.0 Å². The molecule has 6 heteroatoms. The van der Waals surface area contributed by atoms with Crippen LogP contribution < -0.4 is 9.64 Å². The van der Waals surface area contributed by atoms with Crippen molar-refractivity contribution < 1.29 is 19.0 Å². The van der Waals surface area contributed by atoms with E-state index < -0.39 is 5.60 Å². The topological polar surface area (TPSA) is 51.2 Å². The molecule has 0 aromatic heterocycles. The Balaban J connectivity index is 1.82. The Kier molecular flexibility index (Phi) is 6.62. The largest absolute Gasteiger partial charge is 0.490 e. The highest BCUT2D eigenvalue weighted by Crippen LogP contribution is 2.40. The maximum absolute atomic E-state index is 12.6. The third-order valence-corrected chi connectivity index (χ3v) is 5.59. The Morgan fingerprint density at radius 1 is 1.24 bits per heavy atom. The van der Waals surface area contributed by atoms with Crippen LogP contribution >= 0.6 is 0 Å². The lowest BCUT2D eigenvalue weighted by molar-refractivity contribution is 0.0258. The highest BCUT2D eigenvalue weighted by molar-refractivity contribution is 5.71. The Labute approximate surface area is 175 Å².